The van der Waals surface area contributed by atoms with Crippen molar-refractivity contribution >= 4 is 23.6 Å². The number of esters is 1. The van der Waals surface area contributed by atoms with E-state index in [0.717, 1.165) is 11.1 Å². The summed E-state index contributed by atoms with van der Waals surface area (Å²) in [5.41, 5.74) is 1.91. The molecule has 0 amide bonds. The van der Waals surface area contributed by atoms with E-state index in [1.165, 1.54) is 7.11 Å². The highest BCUT2D eigenvalue weighted by Crippen LogP contribution is 2.25. The molecule has 3 nitrogen and oxygen atoms in total. The maximum Gasteiger partial charge on any atom is 0.309 e. The van der Waals surface area contributed by atoms with Crippen LogP contribution in [0.5, 0.6) is 5.75 Å². The zero-order valence-corrected chi connectivity index (χ0v) is 12.0. The van der Waals surface area contributed by atoms with Crippen LogP contribution in [0.25, 0.3) is 6.08 Å². The van der Waals surface area contributed by atoms with Crippen LogP contribution < -0.4 is 4.74 Å². The lowest BCUT2D eigenvalue weighted by molar-refractivity contribution is -0.139. The van der Waals surface area contributed by atoms with Crippen molar-refractivity contribution in [2.24, 2.45) is 0 Å². The van der Waals surface area contributed by atoms with Crippen LogP contribution in [0.15, 0.2) is 35.9 Å². The second kappa shape index (κ2) is 7.64. The van der Waals surface area contributed by atoms with Crippen LogP contribution in [-0.4, -0.2) is 20.2 Å². The molecule has 4 heteroatoms. The molecule has 1 aromatic carbocycles. The molecule has 0 atom stereocenters. The van der Waals surface area contributed by atoms with Gasteiger partial charge in [-0.3, -0.25) is 4.79 Å². The summed E-state index contributed by atoms with van der Waals surface area (Å²) in [6.07, 6.45) is 5.96. The number of ether oxygens (including phenoxy) is 2. The predicted octanol–water partition coefficient (Wildman–Crippen LogP) is 3.87. The van der Waals surface area contributed by atoms with E-state index in [1.807, 2.05) is 37.3 Å². The molecule has 0 aromatic heterocycles. The van der Waals surface area contributed by atoms with E-state index >= 15 is 0 Å². The Morgan fingerprint density at radius 3 is 2.74 bits per heavy atom. The quantitative estimate of drug-likeness (QED) is 0.607. The lowest BCUT2D eigenvalue weighted by Crippen LogP contribution is -1.99. The summed E-state index contributed by atoms with van der Waals surface area (Å²) in [5.74, 6) is 0.398. The van der Waals surface area contributed by atoms with Crippen LogP contribution in [0, 0.1) is 0 Å². The normalized spacial score (nSPS) is 11.7. The van der Waals surface area contributed by atoms with Crippen molar-refractivity contribution in [3.63, 3.8) is 0 Å². The highest BCUT2D eigenvalue weighted by Gasteiger charge is 2.00. The number of hydrogen-bond donors (Lipinski definition) is 0. The van der Waals surface area contributed by atoms with E-state index < -0.39 is 0 Å². The van der Waals surface area contributed by atoms with Gasteiger partial charge < -0.3 is 9.47 Å². The van der Waals surface area contributed by atoms with Gasteiger partial charge in [-0.05, 0) is 24.6 Å². The zero-order valence-electron chi connectivity index (χ0n) is 11.3. The summed E-state index contributed by atoms with van der Waals surface area (Å²) < 4.78 is 9.73. The molecule has 1 rings (SSSR count). The van der Waals surface area contributed by atoms with Crippen LogP contribution in [0.2, 0.25) is 5.02 Å². The predicted molar refractivity (Wildman–Crippen MR) is 77.4 cm³/mol. The first-order valence-electron chi connectivity index (χ1n) is 5.81. The van der Waals surface area contributed by atoms with Crippen LogP contribution in [0.4, 0.5) is 0 Å². The molecule has 0 radical (unpaired) electrons. The highest BCUT2D eigenvalue weighted by atomic mass is 35.5. The third-order valence-electron chi connectivity index (χ3n) is 2.50. The maximum atomic E-state index is 11.1. The number of benzene rings is 1. The number of carbonyl (C=O) groups excluding carboxylic acids is 1. The number of allylic oxidation sites excluding steroid dienone is 2. The van der Waals surface area contributed by atoms with E-state index in [4.69, 9.17) is 16.3 Å². The Kier molecular flexibility index (Phi) is 6.16. The average Bonchev–Trinajstić information content (AvgIpc) is 2.40. The minimum absolute atomic E-state index is 0.240. The molecule has 0 aliphatic heterocycles. The standard InChI is InChI=1S/C15H17ClO3/c1-11(9-15(17)19-3)5-4-6-12-7-8-13(16)14(10-12)18-2/h4-8,10H,9H2,1-3H3/b6-4+,11-5-. The molecule has 0 aliphatic carbocycles. The van der Waals surface area contributed by atoms with Crippen molar-refractivity contribution in [3.8, 4) is 5.75 Å². The second-order valence-electron chi connectivity index (χ2n) is 4.02. The first kappa shape index (κ1) is 15.3. The Morgan fingerprint density at radius 2 is 2.11 bits per heavy atom. The number of rotatable bonds is 5. The molecule has 0 fully saturated rings. The highest BCUT2D eigenvalue weighted by molar-refractivity contribution is 6.32. The van der Waals surface area contributed by atoms with Crippen molar-refractivity contribution in [1.29, 1.82) is 0 Å². The number of methoxy groups -OCH3 is 2. The molecule has 0 bridgehead atoms. The fourth-order valence-corrected chi connectivity index (χ4v) is 1.66. The summed E-state index contributed by atoms with van der Waals surface area (Å²) in [4.78, 5) is 11.1. The molecule has 0 heterocycles. The molecule has 0 N–H and O–H groups in total. The summed E-state index contributed by atoms with van der Waals surface area (Å²) in [6.45, 7) is 1.88. The number of carbonyl (C=O) groups is 1. The fourth-order valence-electron chi connectivity index (χ4n) is 1.46. The first-order chi connectivity index (χ1) is 9.06. The summed E-state index contributed by atoms with van der Waals surface area (Å²) in [7, 11) is 2.96. The van der Waals surface area contributed by atoms with Gasteiger partial charge in [-0.15, -0.1) is 0 Å². The summed E-state index contributed by atoms with van der Waals surface area (Å²) in [6, 6.07) is 5.53. The van der Waals surface area contributed by atoms with Gasteiger partial charge in [0.1, 0.15) is 5.75 Å². The van der Waals surface area contributed by atoms with Gasteiger partial charge in [0.25, 0.3) is 0 Å². The Labute approximate surface area is 118 Å². The van der Waals surface area contributed by atoms with Crippen LogP contribution in [0.1, 0.15) is 18.9 Å². The SMILES string of the molecule is COC(=O)C/C(C)=C\C=C\c1ccc(Cl)c(OC)c1. The van der Waals surface area contributed by atoms with E-state index in [0.29, 0.717) is 17.2 Å². The molecule has 19 heavy (non-hydrogen) atoms. The Bertz CT molecular complexity index is 504. The number of halogens is 1. The Balaban J connectivity index is 2.71. The van der Waals surface area contributed by atoms with Crippen molar-refractivity contribution < 1.29 is 14.3 Å². The third-order valence-corrected chi connectivity index (χ3v) is 2.81. The van der Waals surface area contributed by atoms with Gasteiger partial charge in [0.05, 0.1) is 25.7 Å². The van der Waals surface area contributed by atoms with Crippen molar-refractivity contribution in [2.75, 3.05) is 14.2 Å². The number of hydrogen-bond acceptors (Lipinski definition) is 3. The molecular weight excluding hydrogens is 264 g/mol. The molecular formula is C15H17ClO3. The van der Waals surface area contributed by atoms with Crippen molar-refractivity contribution in [2.45, 2.75) is 13.3 Å². The molecule has 0 aliphatic rings. The first-order valence-corrected chi connectivity index (χ1v) is 6.18. The smallest absolute Gasteiger partial charge is 0.309 e. The molecule has 0 spiro atoms. The molecule has 0 unspecified atom stereocenters. The third kappa shape index (κ3) is 5.18. The topological polar surface area (TPSA) is 35.5 Å². The van der Waals surface area contributed by atoms with Gasteiger partial charge in [-0.25, -0.2) is 0 Å². The Hall–Kier alpha value is -1.74. The minimum atomic E-state index is -0.240. The second-order valence-corrected chi connectivity index (χ2v) is 4.43. The van der Waals surface area contributed by atoms with Gasteiger partial charge in [-0.2, -0.15) is 0 Å². The fraction of sp³-hybridized carbons (Fsp3) is 0.267. The van der Waals surface area contributed by atoms with Crippen LogP contribution >= 0.6 is 11.6 Å². The lowest BCUT2D eigenvalue weighted by Gasteiger charge is -2.03. The van der Waals surface area contributed by atoms with E-state index in [1.54, 1.807) is 13.2 Å². The average molecular weight is 281 g/mol. The van der Waals surface area contributed by atoms with Crippen LogP contribution in [-0.2, 0) is 9.53 Å². The van der Waals surface area contributed by atoms with Crippen molar-refractivity contribution in [3.05, 3.63) is 46.5 Å². The van der Waals surface area contributed by atoms with Gasteiger partial charge in [0, 0.05) is 0 Å². The van der Waals surface area contributed by atoms with E-state index in [-0.39, 0.29) is 5.97 Å². The summed E-state index contributed by atoms with van der Waals surface area (Å²) >= 11 is 5.94. The largest absolute Gasteiger partial charge is 0.495 e. The van der Waals surface area contributed by atoms with Gasteiger partial charge in [0.15, 0.2) is 0 Å². The van der Waals surface area contributed by atoms with Gasteiger partial charge >= 0.3 is 5.97 Å². The van der Waals surface area contributed by atoms with Crippen molar-refractivity contribution in [1.82, 2.24) is 0 Å². The monoisotopic (exact) mass is 280 g/mol. The van der Waals surface area contributed by atoms with Crippen LogP contribution in [0.3, 0.4) is 0 Å². The van der Waals surface area contributed by atoms with Gasteiger partial charge in [0.2, 0.25) is 0 Å². The van der Waals surface area contributed by atoms with E-state index in [9.17, 15) is 4.79 Å². The molecule has 1 aromatic rings. The summed E-state index contributed by atoms with van der Waals surface area (Å²) in [5, 5.41) is 0.581. The molecule has 0 saturated heterocycles. The minimum Gasteiger partial charge on any atom is -0.495 e. The zero-order chi connectivity index (χ0) is 14.3. The maximum absolute atomic E-state index is 11.1. The molecule has 0 saturated carbocycles. The van der Waals surface area contributed by atoms with E-state index in [2.05, 4.69) is 4.74 Å². The lowest BCUT2D eigenvalue weighted by atomic mass is 10.1. The van der Waals surface area contributed by atoms with Gasteiger partial charge in [-0.1, -0.05) is 41.5 Å². The molecule has 102 valence electrons. The Morgan fingerprint density at radius 1 is 1.37 bits per heavy atom.